The van der Waals surface area contributed by atoms with Crippen LogP contribution in [0.25, 0.3) is 5.65 Å². The van der Waals surface area contributed by atoms with Crippen LogP contribution in [0.4, 0.5) is 4.39 Å². The fraction of sp³-hybridized carbons (Fsp3) is 0.0476. The highest BCUT2D eigenvalue weighted by Crippen LogP contribution is 2.17. The molecule has 2 aromatic heterocycles. The van der Waals surface area contributed by atoms with Crippen LogP contribution >= 0.6 is 0 Å². The van der Waals surface area contributed by atoms with Crippen molar-refractivity contribution in [2.45, 2.75) is 6.61 Å². The predicted molar refractivity (Wildman–Crippen MR) is 95.8 cm³/mol. The number of carbonyl (C=O) groups is 1. The Morgan fingerprint density at radius 3 is 2.35 bits per heavy atom. The highest BCUT2D eigenvalue weighted by molar-refractivity contribution is 6.08. The van der Waals surface area contributed by atoms with E-state index in [0.29, 0.717) is 23.5 Å². The number of ketones is 1. The second-order valence-electron chi connectivity index (χ2n) is 5.85. The first kappa shape index (κ1) is 16.0. The number of halogens is 1. The smallest absolute Gasteiger partial charge is 0.193 e. The summed E-state index contributed by atoms with van der Waals surface area (Å²) in [4.78, 5) is 16.8. The standard InChI is InChI=1S/C21H15FN2O2/c22-17-8-4-15(5-9-17)21(25)16-6-10-19(11-7-16)26-14-18-13-24-12-2-1-3-20(24)23-18/h1-13H,14H2. The van der Waals surface area contributed by atoms with Crippen LogP contribution in [0.1, 0.15) is 21.6 Å². The molecule has 128 valence electrons. The zero-order chi connectivity index (χ0) is 17.9. The minimum Gasteiger partial charge on any atom is -0.487 e. The molecule has 0 N–H and O–H groups in total. The summed E-state index contributed by atoms with van der Waals surface area (Å²) in [5, 5.41) is 0. The molecule has 5 heteroatoms. The van der Waals surface area contributed by atoms with Crippen LogP contribution in [0.2, 0.25) is 0 Å². The number of fused-ring (bicyclic) bond motifs is 1. The van der Waals surface area contributed by atoms with Gasteiger partial charge in [0.1, 0.15) is 23.8 Å². The van der Waals surface area contributed by atoms with Gasteiger partial charge in [-0.05, 0) is 60.7 Å². The molecule has 0 saturated carbocycles. The number of pyridine rings is 1. The van der Waals surface area contributed by atoms with Crippen LogP contribution in [0.15, 0.2) is 79.1 Å². The number of benzene rings is 2. The summed E-state index contributed by atoms with van der Waals surface area (Å²) < 4.78 is 20.6. The maximum absolute atomic E-state index is 13.0. The Kier molecular flexibility index (Phi) is 4.19. The SMILES string of the molecule is O=C(c1ccc(F)cc1)c1ccc(OCc2cn3ccccc3n2)cc1. The van der Waals surface area contributed by atoms with Gasteiger partial charge in [-0.2, -0.15) is 0 Å². The largest absolute Gasteiger partial charge is 0.487 e. The van der Waals surface area contributed by atoms with Gasteiger partial charge in [0.15, 0.2) is 5.78 Å². The highest BCUT2D eigenvalue weighted by Gasteiger charge is 2.09. The van der Waals surface area contributed by atoms with Crippen molar-refractivity contribution in [3.63, 3.8) is 0 Å². The molecule has 0 aliphatic carbocycles. The van der Waals surface area contributed by atoms with Gasteiger partial charge in [0, 0.05) is 23.5 Å². The Balaban J connectivity index is 1.44. The van der Waals surface area contributed by atoms with Gasteiger partial charge in [-0.3, -0.25) is 4.79 Å². The van der Waals surface area contributed by atoms with Crippen molar-refractivity contribution in [1.29, 1.82) is 0 Å². The Bertz CT molecular complexity index is 1020. The van der Waals surface area contributed by atoms with Gasteiger partial charge in [0.2, 0.25) is 0 Å². The Morgan fingerprint density at radius 1 is 0.962 bits per heavy atom. The normalized spacial score (nSPS) is 10.8. The molecule has 0 amide bonds. The lowest BCUT2D eigenvalue weighted by Crippen LogP contribution is -2.01. The summed E-state index contributed by atoms with van der Waals surface area (Å²) in [6.07, 6.45) is 3.85. The second kappa shape index (κ2) is 6.80. The van der Waals surface area contributed by atoms with Crippen molar-refractivity contribution in [2.75, 3.05) is 0 Å². The van der Waals surface area contributed by atoms with Crippen LogP contribution in [-0.4, -0.2) is 15.2 Å². The monoisotopic (exact) mass is 346 g/mol. The van der Waals surface area contributed by atoms with Crippen LogP contribution < -0.4 is 4.74 Å². The average Bonchev–Trinajstić information content (AvgIpc) is 3.10. The lowest BCUT2D eigenvalue weighted by Gasteiger charge is -2.06. The van der Waals surface area contributed by atoms with Crippen LogP contribution in [-0.2, 0) is 6.61 Å². The molecule has 0 radical (unpaired) electrons. The Labute approximate surface area is 149 Å². The van der Waals surface area contributed by atoms with Gasteiger partial charge in [0.25, 0.3) is 0 Å². The number of hydrogen-bond donors (Lipinski definition) is 0. The first-order chi connectivity index (χ1) is 12.7. The molecule has 4 rings (SSSR count). The number of carbonyl (C=O) groups excluding carboxylic acids is 1. The first-order valence-electron chi connectivity index (χ1n) is 8.15. The summed E-state index contributed by atoms with van der Waals surface area (Å²) in [5.41, 5.74) is 2.66. The van der Waals surface area contributed by atoms with E-state index in [0.717, 1.165) is 11.3 Å². The van der Waals surface area contributed by atoms with Crippen molar-refractivity contribution in [2.24, 2.45) is 0 Å². The van der Waals surface area contributed by atoms with Crippen LogP contribution in [0.5, 0.6) is 5.75 Å². The third-order valence-corrected chi connectivity index (χ3v) is 4.02. The fourth-order valence-electron chi connectivity index (χ4n) is 2.68. The third kappa shape index (κ3) is 3.32. The third-order valence-electron chi connectivity index (χ3n) is 4.02. The quantitative estimate of drug-likeness (QED) is 0.507. The van der Waals surface area contributed by atoms with Crippen molar-refractivity contribution in [3.05, 3.63) is 102 Å². The topological polar surface area (TPSA) is 43.6 Å². The van der Waals surface area contributed by atoms with Crippen molar-refractivity contribution in [3.8, 4) is 5.75 Å². The van der Waals surface area contributed by atoms with Gasteiger partial charge < -0.3 is 9.14 Å². The van der Waals surface area contributed by atoms with Gasteiger partial charge in [-0.1, -0.05) is 6.07 Å². The van der Waals surface area contributed by atoms with Gasteiger partial charge in [-0.25, -0.2) is 9.37 Å². The zero-order valence-corrected chi connectivity index (χ0v) is 13.8. The van der Waals surface area contributed by atoms with E-state index in [1.807, 2.05) is 35.0 Å². The maximum atomic E-state index is 13.0. The molecule has 0 saturated heterocycles. The van der Waals surface area contributed by atoms with Crippen molar-refractivity contribution < 1.29 is 13.9 Å². The van der Waals surface area contributed by atoms with Crippen LogP contribution in [0, 0.1) is 5.82 Å². The van der Waals surface area contributed by atoms with E-state index < -0.39 is 0 Å². The summed E-state index contributed by atoms with van der Waals surface area (Å²) >= 11 is 0. The number of ether oxygens (including phenoxy) is 1. The molecule has 0 unspecified atom stereocenters. The minimum atomic E-state index is -0.364. The van der Waals surface area contributed by atoms with Gasteiger partial charge in [0.05, 0.1) is 5.69 Å². The number of rotatable bonds is 5. The van der Waals surface area contributed by atoms with Crippen LogP contribution in [0.3, 0.4) is 0 Å². The molecule has 0 aliphatic heterocycles. The van der Waals surface area contributed by atoms with E-state index >= 15 is 0 Å². The minimum absolute atomic E-state index is 0.156. The number of imidazole rings is 1. The lowest BCUT2D eigenvalue weighted by atomic mass is 10.0. The van der Waals surface area contributed by atoms with Gasteiger partial charge >= 0.3 is 0 Å². The van der Waals surface area contributed by atoms with E-state index in [9.17, 15) is 9.18 Å². The molecule has 0 bridgehead atoms. The molecule has 2 heterocycles. The van der Waals surface area contributed by atoms with E-state index in [2.05, 4.69) is 4.98 Å². The van der Waals surface area contributed by atoms with E-state index in [4.69, 9.17) is 4.74 Å². The second-order valence-corrected chi connectivity index (χ2v) is 5.85. The van der Waals surface area contributed by atoms with E-state index in [1.165, 1.54) is 24.3 Å². The molecule has 26 heavy (non-hydrogen) atoms. The molecule has 0 fully saturated rings. The number of nitrogens with zero attached hydrogens (tertiary/aromatic N) is 2. The van der Waals surface area contributed by atoms with E-state index in [-0.39, 0.29) is 11.6 Å². The summed E-state index contributed by atoms with van der Waals surface area (Å²) in [5.74, 6) is 0.131. The summed E-state index contributed by atoms with van der Waals surface area (Å²) in [6, 6.07) is 18.2. The van der Waals surface area contributed by atoms with Gasteiger partial charge in [-0.15, -0.1) is 0 Å². The highest BCUT2D eigenvalue weighted by atomic mass is 19.1. The maximum Gasteiger partial charge on any atom is 0.193 e. The first-order valence-corrected chi connectivity index (χ1v) is 8.15. The molecule has 4 nitrogen and oxygen atoms in total. The molecular formula is C21H15FN2O2. The number of aromatic nitrogens is 2. The molecule has 0 aliphatic rings. The summed E-state index contributed by atoms with van der Waals surface area (Å²) in [6.45, 7) is 0.340. The Morgan fingerprint density at radius 2 is 1.65 bits per heavy atom. The average molecular weight is 346 g/mol. The molecule has 0 spiro atoms. The molecule has 4 aromatic rings. The number of hydrogen-bond acceptors (Lipinski definition) is 3. The summed E-state index contributed by atoms with van der Waals surface area (Å²) in [7, 11) is 0. The molecule has 0 atom stereocenters. The Hall–Kier alpha value is -3.47. The molecular weight excluding hydrogens is 331 g/mol. The molecule has 2 aromatic carbocycles. The van der Waals surface area contributed by atoms with Crippen molar-refractivity contribution in [1.82, 2.24) is 9.38 Å². The fourth-order valence-corrected chi connectivity index (χ4v) is 2.68. The lowest BCUT2D eigenvalue weighted by molar-refractivity contribution is 0.103. The van der Waals surface area contributed by atoms with E-state index in [1.54, 1.807) is 24.3 Å². The van der Waals surface area contributed by atoms with Crippen molar-refractivity contribution >= 4 is 11.4 Å². The predicted octanol–water partition coefficient (Wildman–Crippen LogP) is 4.28. The zero-order valence-electron chi connectivity index (χ0n) is 13.8.